The number of carbonyl (C=O) groups excluding carboxylic acids is 1. The fraction of sp³-hybridized carbons (Fsp3) is 0.417. The van der Waals surface area contributed by atoms with Crippen molar-refractivity contribution in [2.24, 2.45) is 5.92 Å². The highest BCUT2D eigenvalue weighted by Gasteiger charge is 2.01. The van der Waals surface area contributed by atoms with E-state index in [4.69, 9.17) is 4.74 Å². The smallest absolute Gasteiger partial charge is 0.222 e. The first kappa shape index (κ1) is 12.5. The maximum Gasteiger partial charge on any atom is 0.222 e. The molecule has 1 aromatic rings. The third-order valence-electron chi connectivity index (χ3n) is 2.05. The summed E-state index contributed by atoms with van der Waals surface area (Å²) in [5.41, 5.74) is 0.715. The van der Waals surface area contributed by atoms with Crippen molar-refractivity contribution in [3.05, 3.63) is 29.8 Å². The summed E-state index contributed by atoms with van der Waals surface area (Å²) in [6.45, 7) is 5.07. The van der Waals surface area contributed by atoms with Gasteiger partial charge in [0.2, 0.25) is 3.79 Å². The van der Waals surface area contributed by atoms with E-state index in [1.807, 2.05) is 12.1 Å². The molecule has 0 saturated carbocycles. The summed E-state index contributed by atoms with van der Waals surface area (Å²) in [6.07, 6.45) is 1.05. The summed E-state index contributed by atoms with van der Waals surface area (Å²) in [5, 5.41) is 0. The van der Waals surface area contributed by atoms with E-state index in [9.17, 15) is 4.79 Å². The molecule has 0 unspecified atom stereocenters. The van der Waals surface area contributed by atoms with Crippen LogP contribution in [-0.2, 0) is 0 Å². The van der Waals surface area contributed by atoms with Crippen molar-refractivity contribution in [2.45, 2.75) is 20.3 Å². The van der Waals surface area contributed by atoms with Crippen LogP contribution < -0.4 is 4.74 Å². The molecule has 0 spiro atoms. The highest BCUT2D eigenvalue weighted by atomic mass is 127. The zero-order valence-electron chi connectivity index (χ0n) is 9.00. The lowest BCUT2D eigenvalue weighted by molar-refractivity contribution is 0.110. The lowest BCUT2D eigenvalue weighted by Crippen LogP contribution is -2.01. The van der Waals surface area contributed by atoms with Gasteiger partial charge in [-0.1, -0.05) is 13.8 Å². The monoisotopic (exact) mass is 318 g/mol. The normalized spacial score (nSPS) is 10.4. The quantitative estimate of drug-likeness (QED) is 0.611. The Hall–Kier alpha value is -0.580. The number of hydrogen-bond donors (Lipinski definition) is 0. The topological polar surface area (TPSA) is 26.3 Å². The summed E-state index contributed by atoms with van der Waals surface area (Å²) in [7, 11) is 0. The van der Waals surface area contributed by atoms with Gasteiger partial charge in [0.1, 0.15) is 5.75 Å². The molecule has 0 saturated heterocycles. The van der Waals surface area contributed by atoms with Crippen LogP contribution in [0.1, 0.15) is 30.6 Å². The van der Waals surface area contributed by atoms with Crippen molar-refractivity contribution in [3.63, 3.8) is 0 Å². The van der Waals surface area contributed by atoms with Gasteiger partial charge in [0.05, 0.1) is 6.61 Å². The number of hydrogen-bond acceptors (Lipinski definition) is 2. The zero-order valence-corrected chi connectivity index (χ0v) is 11.2. The van der Waals surface area contributed by atoms with Gasteiger partial charge < -0.3 is 4.74 Å². The van der Waals surface area contributed by atoms with Crippen molar-refractivity contribution in [2.75, 3.05) is 6.61 Å². The van der Waals surface area contributed by atoms with Crippen molar-refractivity contribution in [1.29, 1.82) is 0 Å². The Balaban J connectivity index is 2.46. The predicted molar refractivity (Wildman–Crippen MR) is 69.7 cm³/mol. The Labute approximate surface area is 104 Å². The Morgan fingerprint density at radius 1 is 1.33 bits per heavy atom. The molecule has 0 amide bonds. The maximum atomic E-state index is 11.0. The third-order valence-corrected chi connectivity index (χ3v) is 2.67. The first-order valence-electron chi connectivity index (χ1n) is 5.02. The molecular weight excluding hydrogens is 303 g/mol. The third kappa shape index (κ3) is 4.64. The van der Waals surface area contributed by atoms with Crippen LogP contribution >= 0.6 is 22.6 Å². The van der Waals surface area contributed by atoms with Gasteiger partial charge in [-0.3, -0.25) is 4.79 Å². The standard InChI is InChI=1S/C12H15IO2/c1-9(2)7-8-15-11-5-3-10(4-6-11)12(13)14/h3-6,9H,7-8H2,1-2H3. The van der Waals surface area contributed by atoms with Crippen molar-refractivity contribution in [3.8, 4) is 5.75 Å². The molecule has 0 aliphatic carbocycles. The maximum absolute atomic E-state index is 11.0. The van der Waals surface area contributed by atoms with Crippen LogP contribution in [0.4, 0.5) is 0 Å². The molecule has 0 atom stereocenters. The summed E-state index contributed by atoms with van der Waals surface area (Å²) in [6, 6.07) is 7.26. The van der Waals surface area contributed by atoms with E-state index in [0.29, 0.717) is 11.5 Å². The summed E-state index contributed by atoms with van der Waals surface area (Å²) >= 11 is 1.78. The number of rotatable bonds is 5. The molecule has 1 rings (SSSR count). The number of carbonyl (C=O) groups is 1. The minimum atomic E-state index is 0.0568. The van der Waals surface area contributed by atoms with Crippen LogP contribution in [0.3, 0.4) is 0 Å². The predicted octanol–water partition coefficient (Wildman–Crippen LogP) is 3.69. The van der Waals surface area contributed by atoms with Crippen LogP contribution in [0, 0.1) is 5.92 Å². The molecule has 0 fully saturated rings. The molecule has 15 heavy (non-hydrogen) atoms. The van der Waals surface area contributed by atoms with E-state index < -0.39 is 0 Å². The average molecular weight is 318 g/mol. The number of ether oxygens (including phenoxy) is 1. The van der Waals surface area contributed by atoms with Gasteiger partial charge in [0.25, 0.3) is 0 Å². The number of halogens is 1. The molecular formula is C12H15IO2. The lowest BCUT2D eigenvalue weighted by Gasteiger charge is -2.07. The van der Waals surface area contributed by atoms with Crippen molar-refractivity contribution in [1.82, 2.24) is 0 Å². The SMILES string of the molecule is CC(C)CCOc1ccc(C(=O)I)cc1. The highest BCUT2D eigenvalue weighted by Crippen LogP contribution is 2.15. The minimum absolute atomic E-state index is 0.0568. The molecule has 0 heterocycles. The fourth-order valence-electron chi connectivity index (χ4n) is 1.09. The first-order valence-corrected chi connectivity index (χ1v) is 6.10. The second-order valence-electron chi connectivity index (χ2n) is 3.83. The van der Waals surface area contributed by atoms with Crippen LogP contribution in [0.5, 0.6) is 5.75 Å². The largest absolute Gasteiger partial charge is 0.494 e. The van der Waals surface area contributed by atoms with Gasteiger partial charge in [-0.05, 0) is 36.6 Å². The fourth-order valence-corrected chi connectivity index (χ4v) is 1.45. The van der Waals surface area contributed by atoms with Crippen LogP contribution in [0.25, 0.3) is 0 Å². The highest BCUT2D eigenvalue weighted by molar-refractivity contribution is 14.1. The van der Waals surface area contributed by atoms with E-state index in [-0.39, 0.29) is 3.79 Å². The molecule has 3 heteroatoms. The van der Waals surface area contributed by atoms with E-state index in [1.54, 1.807) is 34.7 Å². The number of benzene rings is 1. The molecule has 0 bridgehead atoms. The van der Waals surface area contributed by atoms with Gasteiger partial charge in [-0.25, -0.2) is 0 Å². The average Bonchev–Trinajstić information content (AvgIpc) is 2.18. The Morgan fingerprint density at radius 3 is 2.40 bits per heavy atom. The first-order chi connectivity index (χ1) is 7.09. The van der Waals surface area contributed by atoms with E-state index in [1.165, 1.54) is 0 Å². The summed E-state index contributed by atoms with van der Waals surface area (Å²) < 4.78 is 5.59. The van der Waals surface area contributed by atoms with Crippen LogP contribution in [0.2, 0.25) is 0 Å². The van der Waals surface area contributed by atoms with Crippen molar-refractivity contribution < 1.29 is 9.53 Å². The van der Waals surface area contributed by atoms with Gasteiger partial charge >= 0.3 is 0 Å². The van der Waals surface area contributed by atoms with E-state index in [2.05, 4.69) is 13.8 Å². The molecule has 0 aliphatic rings. The molecule has 0 aromatic heterocycles. The molecule has 1 aromatic carbocycles. The Morgan fingerprint density at radius 2 is 1.93 bits per heavy atom. The zero-order chi connectivity index (χ0) is 11.3. The second kappa shape index (κ2) is 6.10. The van der Waals surface area contributed by atoms with Crippen LogP contribution in [0.15, 0.2) is 24.3 Å². The van der Waals surface area contributed by atoms with Gasteiger partial charge in [-0.15, -0.1) is 0 Å². The van der Waals surface area contributed by atoms with Crippen LogP contribution in [-0.4, -0.2) is 10.4 Å². The summed E-state index contributed by atoms with van der Waals surface area (Å²) in [4.78, 5) is 11.0. The van der Waals surface area contributed by atoms with Crippen molar-refractivity contribution >= 4 is 26.4 Å². The minimum Gasteiger partial charge on any atom is -0.494 e. The lowest BCUT2D eigenvalue weighted by atomic mass is 10.1. The molecule has 0 aliphatic heterocycles. The molecule has 0 N–H and O–H groups in total. The summed E-state index contributed by atoms with van der Waals surface area (Å²) in [5.74, 6) is 1.48. The molecule has 0 radical (unpaired) electrons. The second-order valence-corrected chi connectivity index (χ2v) is 4.81. The van der Waals surface area contributed by atoms with Gasteiger partial charge in [0.15, 0.2) is 0 Å². The molecule has 2 nitrogen and oxygen atoms in total. The van der Waals surface area contributed by atoms with Gasteiger partial charge in [-0.2, -0.15) is 0 Å². The van der Waals surface area contributed by atoms with E-state index >= 15 is 0 Å². The Kier molecular flexibility index (Phi) is 5.08. The Bertz CT molecular complexity index is 317. The van der Waals surface area contributed by atoms with Gasteiger partial charge in [0, 0.05) is 28.2 Å². The van der Waals surface area contributed by atoms with E-state index in [0.717, 1.165) is 18.8 Å². The molecule has 82 valence electrons.